The summed E-state index contributed by atoms with van der Waals surface area (Å²) in [6.45, 7) is 21.2. The molecule has 5 unspecified atom stereocenters. The van der Waals surface area contributed by atoms with E-state index in [0.29, 0.717) is 79.9 Å². The molecule has 706 valence electrons. The van der Waals surface area contributed by atoms with E-state index in [1.807, 2.05) is 121 Å². The quantitative estimate of drug-likeness (QED) is 0.00852. The Morgan fingerprint density at radius 2 is 0.899 bits per heavy atom. The van der Waals surface area contributed by atoms with Crippen molar-refractivity contribution in [3.63, 3.8) is 0 Å². The van der Waals surface area contributed by atoms with E-state index >= 15 is 0 Å². The zero-order valence-corrected chi connectivity index (χ0v) is 78.4. The van der Waals surface area contributed by atoms with E-state index in [9.17, 15) is 19.5 Å². The van der Waals surface area contributed by atoms with Crippen molar-refractivity contribution in [2.45, 2.75) is 200 Å². The predicted octanol–water partition coefficient (Wildman–Crippen LogP) is 13.8. The van der Waals surface area contributed by atoms with Gasteiger partial charge >= 0.3 is 18.9 Å². The summed E-state index contributed by atoms with van der Waals surface area (Å²) in [7, 11) is 0. The Bertz CT molecular complexity index is 3910. The number of nitrogens with two attached hydrogens (primary N) is 1. The van der Waals surface area contributed by atoms with Crippen LogP contribution in [0.25, 0.3) is 0 Å². The molecule has 9 N–H and O–H groups in total. The maximum absolute atomic E-state index is 11.7. The molecule has 0 aromatic heterocycles. The molecule has 0 aliphatic carbocycles. The maximum atomic E-state index is 11.7. The van der Waals surface area contributed by atoms with E-state index in [0.717, 1.165) is 179 Å². The van der Waals surface area contributed by atoms with Crippen molar-refractivity contribution in [2.24, 2.45) is 0 Å². The number of amides is 3. The molecule has 0 saturated carbocycles. The van der Waals surface area contributed by atoms with Gasteiger partial charge in [-0.15, -0.1) is 0 Å². The van der Waals surface area contributed by atoms with E-state index in [-0.39, 0.29) is 80.1 Å². The van der Waals surface area contributed by atoms with Crippen molar-refractivity contribution < 1.29 is 106 Å². The average molecular weight is 1840 g/mol. The van der Waals surface area contributed by atoms with Gasteiger partial charge in [0, 0.05) is 136 Å². The number of hydrogen-bond acceptors (Lipinski definition) is 23. The van der Waals surface area contributed by atoms with E-state index in [1.165, 1.54) is 87.1 Å². The minimum absolute atomic E-state index is 0. The summed E-state index contributed by atoms with van der Waals surface area (Å²) in [5.41, 5.74) is 13.5. The molecule has 6 saturated heterocycles. The second-order valence-electron chi connectivity index (χ2n) is 30.7. The molecule has 7 aliphatic heterocycles. The molecule has 0 spiro atoms. The van der Waals surface area contributed by atoms with Gasteiger partial charge in [-0.25, -0.2) is 0 Å². The van der Waals surface area contributed by atoms with Gasteiger partial charge in [-0.05, 0) is 191 Å². The summed E-state index contributed by atoms with van der Waals surface area (Å²) in [5, 5.41) is 40.8. The van der Waals surface area contributed by atoms with Gasteiger partial charge < -0.3 is 104 Å². The number of carbonyl (C=O) groups is 3. The number of rotatable bonds is 34. The summed E-state index contributed by atoms with van der Waals surface area (Å²) in [6, 6.07) is 63.0. The number of epoxide rings is 1. The molecule has 7 aromatic carbocycles. The van der Waals surface area contributed by atoms with Crippen LogP contribution >= 0.6 is 34.8 Å². The zero-order chi connectivity index (χ0) is 90.6. The van der Waals surface area contributed by atoms with Gasteiger partial charge in [-0.3, -0.25) is 19.3 Å². The fraction of sp³-hybridized carbons (Fsp3) is 0.515. The fourth-order valence-electron chi connectivity index (χ4n) is 12.9. The fourth-order valence-corrected chi connectivity index (χ4v) is 13.4. The summed E-state index contributed by atoms with van der Waals surface area (Å²) in [6.07, 6.45) is 22.4. The van der Waals surface area contributed by atoms with Crippen molar-refractivity contribution in [1.82, 2.24) is 31.1 Å². The number of benzene rings is 7. The molecule has 7 atom stereocenters. The number of anilines is 1. The summed E-state index contributed by atoms with van der Waals surface area (Å²) in [5.74, 6) is -0.0516. The van der Waals surface area contributed by atoms with E-state index in [2.05, 4.69) is 86.8 Å². The van der Waals surface area contributed by atoms with E-state index in [1.54, 1.807) is 30.2 Å². The molecule has 7 aromatic rings. The molecule has 129 heavy (non-hydrogen) atoms. The van der Waals surface area contributed by atoms with Crippen molar-refractivity contribution in [3.05, 3.63) is 254 Å². The minimum Gasteiger partial charge on any atom is -0.870 e. The Kier molecular flexibility index (Phi) is 65.4. The number of ether oxygens (including phenoxy) is 12. The normalized spacial score (nSPS) is 18.3. The number of aliphatic hydroxyl groups is 2. The zero-order valence-electron chi connectivity index (χ0n) is 76.1. The Morgan fingerprint density at radius 3 is 1.25 bits per heavy atom. The largest absolute Gasteiger partial charge is 1.00 e. The molecule has 0 bridgehead atoms. The van der Waals surface area contributed by atoms with Gasteiger partial charge in [0.15, 0.2) is 31.5 Å². The van der Waals surface area contributed by atoms with Gasteiger partial charge in [-0.2, -0.15) is 5.26 Å². The molecular formula is C99H140Cl3LiN8O18. The molecule has 3 amide bonds. The van der Waals surface area contributed by atoms with Gasteiger partial charge in [0.1, 0.15) is 6.10 Å². The number of nitriles is 1. The van der Waals surface area contributed by atoms with Crippen molar-refractivity contribution >= 4 is 58.2 Å². The Hall–Kier alpha value is -7.43. The molecule has 0 radical (unpaired) electrons. The maximum Gasteiger partial charge on any atom is 1.00 e. The van der Waals surface area contributed by atoms with Crippen LogP contribution in [0.5, 0.6) is 0 Å². The van der Waals surface area contributed by atoms with Crippen molar-refractivity contribution in [2.75, 3.05) is 137 Å². The first kappa shape index (κ1) is 114. The third-order valence-corrected chi connectivity index (χ3v) is 20.8. The number of allylic oxidation sites excluding steroid dienone is 1. The number of nitrogens with zero attached hydrogens (tertiary/aromatic N) is 3. The third-order valence-electron chi connectivity index (χ3n) is 20.0. The SMILES string of the molecule is C1=COCCC1.CC(=O)N(CCOC1CCCCO1)Cc1ccccc1.CC(=O)NCCO.CC(=O)NCCOC1CCCCO1.Clc1ccc([C@@H]2CO2)cc1.N#Cc1ccc(N)c(Cl)c1.O[C@@H](CN(CCOC1CCCCO1)Cc1ccccc1)c1ccc(Cl)cc1.[Li+].[OH-].c1ccc(CNCCOC2CCCCO2)cc1.c1ccc(CNCCOC2CCCCO2)cc1. The molecule has 7 aliphatic rings. The first-order valence-corrected chi connectivity index (χ1v) is 46.0. The van der Waals surface area contributed by atoms with Crippen LogP contribution in [0.4, 0.5) is 5.69 Å². The molecule has 14 rings (SSSR count). The van der Waals surface area contributed by atoms with Crippen LogP contribution in [-0.2, 0) is 97.4 Å². The van der Waals surface area contributed by atoms with Crippen LogP contribution in [-0.4, -0.2) is 206 Å². The van der Waals surface area contributed by atoms with Crippen LogP contribution in [0, 0.1) is 11.3 Å². The van der Waals surface area contributed by atoms with Gasteiger partial charge in [0.05, 0.1) is 87.6 Å². The standard InChI is InChI=1S/C22H28ClNO3.C16H23NO3.2C14H21NO2.C9H17NO3.C8H7ClO.C7H5ClN2.C5H8O.C4H9NO2.Li.H2O/c23-20-11-9-19(10-12-20)21(25)17-24(16-18-6-2-1-3-7-18)13-15-27-22-8-4-5-14-26-22;1-14(18)17(13-15-7-3-2-4-8-15)10-12-20-16-9-5-6-11-19-16;2*1-2-6-13(7-3-1)12-15-9-11-17-14-8-4-5-10-16-14;1-8(11)10-5-7-13-9-4-2-3-6-12-9;9-7-3-1-6(2-4-7)8-5-10-8;8-6-3-5(4-9)1-2-7(6)10;1-2-4-6-5-3-1;1-4(7)5-2-3-6;;/h1-3,6-7,9-12,21-22,25H,4-5,8,13-17H2;2-4,7-8,16H,5-6,9-13H2,1H3;2*1-3,6-7,14-15H,4-5,8-12H2;9H,2-7H2,1H3,(H,10,11);1-4,8H,5H2;1-3H,10H2;2,4H,1,3,5H2;6H,2-3H2,1H3,(H,5,7);;1H2/q;;;;;;;;;+1;/p-1/t21-,22?;;;;;8-;;;;;/m0....0...../s1. The van der Waals surface area contributed by atoms with Crippen LogP contribution in [0.2, 0.25) is 15.1 Å². The number of carbonyl (C=O) groups excluding carboxylic acids is 3. The van der Waals surface area contributed by atoms with Gasteiger partial charge in [0.25, 0.3) is 0 Å². The van der Waals surface area contributed by atoms with Crippen LogP contribution in [0.1, 0.15) is 181 Å². The van der Waals surface area contributed by atoms with Crippen LogP contribution < -0.4 is 45.9 Å². The summed E-state index contributed by atoms with van der Waals surface area (Å²) < 4.78 is 65.7. The second-order valence-corrected chi connectivity index (χ2v) is 31.9. The monoisotopic (exact) mass is 1840 g/mol. The second kappa shape index (κ2) is 74.1. The van der Waals surface area contributed by atoms with Crippen LogP contribution in [0.15, 0.2) is 200 Å². The van der Waals surface area contributed by atoms with Crippen LogP contribution in [0.3, 0.4) is 0 Å². The predicted molar refractivity (Wildman–Crippen MR) is 501 cm³/mol. The number of halogens is 3. The summed E-state index contributed by atoms with van der Waals surface area (Å²) in [4.78, 5) is 36.2. The van der Waals surface area contributed by atoms with Gasteiger partial charge in [-0.1, -0.05) is 180 Å². The topological polar surface area (TPSA) is 340 Å². The first-order chi connectivity index (χ1) is 62.0. The van der Waals surface area contributed by atoms with Gasteiger partial charge in [0.2, 0.25) is 17.7 Å². The smallest absolute Gasteiger partial charge is 0.870 e. The molecule has 7 heterocycles. The Balaban J connectivity index is 0.000000313. The van der Waals surface area contributed by atoms with Crippen molar-refractivity contribution in [3.8, 4) is 6.07 Å². The summed E-state index contributed by atoms with van der Waals surface area (Å²) >= 11 is 17.3. The van der Waals surface area contributed by atoms with E-state index in [4.69, 9.17) is 108 Å². The minimum atomic E-state index is -0.572. The Morgan fingerprint density at radius 1 is 0.496 bits per heavy atom. The Labute approximate surface area is 792 Å². The molecule has 6 fully saturated rings. The van der Waals surface area contributed by atoms with E-state index < -0.39 is 6.10 Å². The number of nitrogen functional groups attached to an aromatic ring is 1. The molecule has 26 nitrogen and oxygen atoms in total. The number of nitrogens with one attached hydrogen (secondary N) is 4. The third kappa shape index (κ3) is 57.6. The first-order valence-electron chi connectivity index (χ1n) is 44.8. The number of aliphatic hydroxyl groups excluding tert-OH is 2. The van der Waals surface area contributed by atoms with Crippen molar-refractivity contribution in [1.29, 1.82) is 5.26 Å². The average Bonchev–Trinajstić information content (AvgIpc) is 1.74. The molecular weight excluding hydrogens is 1700 g/mol. The molecule has 30 heteroatoms. The number of hydrogen-bond donors (Lipinski definition) is 7.